The summed E-state index contributed by atoms with van der Waals surface area (Å²) < 4.78 is 0. The van der Waals surface area contributed by atoms with Crippen molar-refractivity contribution in [3.8, 4) is 0 Å². The molecule has 0 saturated carbocycles. The second-order valence-corrected chi connectivity index (χ2v) is 4.61. The lowest BCUT2D eigenvalue weighted by molar-refractivity contribution is -0.142. The third kappa shape index (κ3) is 3.12. The zero-order valence-electron chi connectivity index (χ0n) is 10.8. The summed E-state index contributed by atoms with van der Waals surface area (Å²) in [7, 11) is 3.21. The number of aliphatic carboxylic acids is 1. The Morgan fingerprint density at radius 1 is 1.39 bits per heavy atom. The van der Waals surface area contributed by atoms with Crippen LogP contribution in [0, 0.1) is 5.92 Å². The van der Waals surface area contributed by atoms with E-state index in [9.17, 15) is 14.4 Å². The molecule has 1 heterocycles. The molecule has 1 fully saturated rings. The fourth-order valence-electron chi connectivity index (χ4n) is 1.97. The summed E-state index contributed by atoms with van der Waals surface area (Å²) in [4.78, 5) is 36.9. The molecule has 18 heavy (non-hydrogen) atoms. The first kappa shape index (κ1) is 14.3. The molecule has 102 valence electrons. The van der Waals surface area contributed by atoms with Gasteiger partial charge in [0.05, 0.1) is 12.5 Å². The van der Waals surface area contributed by atoms with E-state index in [-0.39, 0.29) is 24.5 Å². The van der Waals surface area contributed by atoms with Gasteiger partial charge in [-0.3, -0.25) is 9.59 Å². The number of carbonyl (C=O) groups excluding carboxylic acids is 2. The Morgan fingerprint density at radius 2 is 2.00 bits per heavy atom. The number of likely N-dealkylation sites (tertiary alicyclic amines) is 1. The van der Waals surface area contributed by atoms with Crippen molar-refractivity contribution in [2.75, 3.05) is 27.2 Å². The largest absolute Gasteiger partial charge is 0.481 e. The predicted octanol–water partition coefficient (Wildman–Crippen LogP) is -0.421. The number of hydrogen-bond donors (Lipinski definition) is 2. The van der Waals surface area contributed by atoms with Gasteiger partial charge in [-0.25, -0.2) is 4.79 Å². The molecule has 1 aliphatic rings. The number of urea groups is 1. The van der Waals surface area contributed by atoms with Gasteiger partial charge in [0.1, 0.15) is 0 Å². The van der Waals surface area contributed by atoms with E-state index in [2.05, 4.69) is 5.32 Å². The molecular formula is C11H19N3O4. The maximum absolute atomic E-state index is 11.8. The smallest absolute Gasteiger partial charge is 0.318 e. The molecule has 1 saturated heterocycles. The molecule has 0 aromatic heterocycles. The van der Waals surface area contributed by atoms with Crippen LogP contribution in [-0.4, -0.2) is 66.0 Å². The number of amides is 3. The quantitative estimate of drug-likeness (QED) is 0.718. The minimum Gasteiger partial charge on any atom is -0.481 e. The number of hydrogen-bond acceptors (Lipinski definition) is 3. The Hall–Kier alpha value is -1.79. The standard InChI is InChI=1S/C11H19N3O4/c1-7-8(10(16)17)4-5-14(7)11(18)12-6-9(15)13(2)3/h7-8H,4-6H2,1-3H3,(H,12,18)(H,16,17). The molecule has 0 bridgehead atoms. The molecule has 0 aromatic rings. The molecule has 0 aromatic carbocycles. The van der Waals surface area contributed by atoms with Crippen molar-refractivity contribution < 1.29 is 19.5 Å². The molecule has 2 atom stereocenters. The average Bonchev–Trinajstić information content (AvgIpc) is 2.67. The Balaban J connectivity index is 2.49. The van der Waals surface area contributed by atoms with Crippen LogP contribution in [0.3, 0.4) is 0 Å². The van der Waals surface area contributed by atoms with Crippen LogP contribution in [0.2, 0.25) is 0 Å². The zero-order valence-corrected chi connectivity index (χ0v) is 10.8. The molecule has 2 unspecified atom stereocenters. The predicted molar refractivity (Wildman–Crippen MR) is 64.0 cm³/mol. The fraction of sp³-hybridized carbons (Fsp3) is 0.727. The van der Waals surface area contributed by atoms with Gasteiger partial charge in [0.25, 0.3) is 0 Å². The van der Waals surface area contributed by atoms with Crippen LogP contribution < -0.4 is 5.32 Å². The highest BCUT2D eigenvalue weighted by Gasteiger charge is 2.38. The molecule has 7 nitrogen and oxygen atoms in total. The maximum Gasteiger partial charge on any atom is 0.318 e. The zero-order chi connectivity index (χ0) is 13.9. The van der Waals surface area contributed by atoms with E-state index in [0.29, 0.717) is 13.0 Å². The topological polar surface area (TPSA) is 90.0 Å². The minimum atomic E-state index is -0.887. The van der Waals surface area contributed by atoms with Crippen molar-refractivity contribution >= 4 is 17.9 Å². The van der Waals surface area contributed by atoms with Crippen molar-refractivity contribution in [2.45, 2.75) is 19.4 Å². The molecule has 0 spiro atoms. The van der Waals surface area contributed by atoms with Crippen LogP contribution in [0.25, 0.3) is 0 Å². The van der Waals surface area contributed by atoms with E-state index in [4.69, 9.17) is 5.11 Å². The Morgan fingerprint density at radius 3 is 2.44 bits per heavy atom. The van der Waals surface area contributed by atoms with Crippen molar-refractivity contribution in [1.82, 2.24) is 15.1 Å². The SMILES string of the molecule is CC1C(C(=O)O)CCN1C(=O)NCC(=O)N(C)C. The van der Waals surface area contributed by atoms with Crippen LogP contribution in [0.1, 0.15) is 13.3 Å². The molecule has 7 heteroatoms. The fourth-order valence-corrected chi connectivity index (χ4v) is 1.97. The van der Waals surface area contributed by atoms with Gasteiger partial charge in [-0.2, -0.15) is 0 Å². The van der Waals surface area contributed by atoms with Gasteiger partial charge in [-0.15, -0.1) is 0 Å². The van der Waals surface area contributed by atoms with Crippen LogP contribution >= 0.6 is 0 Å². The van der Waals surface area contributed by atoms with E-state index < -0.39 is 11.9 Å². The maximum atomic E-state index is 11.8. The highest BCUT2D eigenvalue weighted by atomic mass is 16.4. The number of rotatable bonds is 3. The summed E-state index contributed by atoms with van der Waals surface area (Å²) in [6.07, 6.45) is 0.450. The highest BCUT2D eigenvalue weighted by molar-refractivity contribution is 5.84. The van der Waals surface area contributed by atoms with E-state index >= 15 is 0 Å². The first-order valence-electron chi connectivity index (χ1n) is 5.82. The van der Waals surface area contributed by atoms with Crippen LogP contribution in [0.15, 0.2) is 0 Å². The lowest BCUT2D eigenvalue weighted by Crippen LogP contribution is -2.46. The molecular weight excluding hydrogens is 238 g/mol. The molecule has 1 rings (SSSR count). The molecule has 1 aliphatic heterocycles. The van der Waals surface area contributed by atoms with E-state index in [1.165, 1.54) is 9.80 Å². The molecule has 2 N–H and O–H groups in total. The van der Waals surface area contributed by atoms with Gasteiger partial charge < -0.3 is 20.2 Å². The lowest BCUT2D eigenvalue weighted by atomic mass is 10.0. The first-order chi connectivity index (χ1) is 8.34. The number of carboxylic acids is 1. The summed E-state index contributed by atoms with van der Waals surface area (Å²) in [5.74, 6) is -1.62. The van der Waals surface area contributed by atoms with Gasteiger partial charge in [0.2, 0.25) is 5.91 Å². The molecule has 0 aliphatic carbocycles. The summed E-state index contributed by atoms with van der Waals surface area (Å²) in [6, 6.07) is -0.738. The van der Waals surface area contributed by atoms with Crippen molar-refractivity contribution in [2.24, 2.45) is 5.92 Å². The van der Waals surface area contributed by atoms with Gasteiger partial charge in [0.15, 0.2) is 0 Å². The number of nitrogens with one attached hydrogen (secondary N) is 1. The van der Waals surface area contributed by atoms with Crippen molar-refractivity contribution in [1.29, 1.82) is 0 Å². The van der Waals surface area contributed by atoms with E-state index in [1.807, 2.05) is 0 Å². The van der Waals surface area contributed by atoms with Crippen molar-refractivity contribution in [3.05, 3.63) is 0 Å². The number of carboxylic acid groups (broad SMARTS) is 1. The van der Waals surface area contributed by atoms with Crippen LogP contribution in [0.5, 0.6) is 0 Å². The second kappa shape index (κ2) is 5.70. The summed E-state index contributed by atoms with van der Waals surface area (Å²) in [5.41, 5.74) is 0. The number of likely N-dealkylation sites (N-methyl/N-ethyl adjacent to an activating group) is 1. The normalized spacial score (nSPS) is 22.7. The summed E-state index contributed by atoms with van der Waals surface area (Å²) >= 11 is 0. The number of carbonyl (C=O) groups is 3. The monoisotopic (exact) mass is 257 g/mol. The first-order valence-corrected chi connectivity index (χ1v) is 5.82. The van der Waals surface area contributed by atoms with Crippen LogP contribution in [0.4, 0.5) is 4.79 Å². The van der Waals surface area contributed by atoms with E-state index in [1.54, 1.807) is 21.0 Å². The Bertz CT molecular complexity index is 356. The van der Waals surface area contributed by atoms with Gasteiger partial charge >= 0.3 is 12.0 Å². The molecule has 3 amide bonds. The average molecular weight is 257 g/mol. The van der Waals surface area contributed by atoms with Crippen LogP contribution in [-0.2, 0) is 9.59 Å². The van der Waals surface area contributed by atoms with E-state index in [0.717, 1.165) is 0 Å². The second-order valence-electron chi connectivity index (χ2n) is 4.61. The van der Waals surface area contributed by atoms with Crippen molar-refractivity contribution in [3.63, 3.8) is 0 Å². The van der Waals surface area contributed by atoms with Gasteiger partial charge in [-0.05, 0) is 13.3 Å². The molecule has 0 radical (unpaired) electrons. The minimum absolute atomic E-state index is 0.0766. The highest BCUT2D eigenvalue weighted by Crippen LogP contribution is 2.24. The summed E-state index contributed by atoms with van der Waals surface area (Å²) in [5, 5.41) is 11.5. The number of nitrogens with zero attached hydrogens (tertiary/aromatic N) is 2. The van der Waals surface area contributed by atoms with Gasteiger partial charge in [-0.1, -0.05) is 0 Å². The Kier molecular flexibility index (Phi) is 4.52. The third-order valence-electron chi connectivity index (χ3n) is 3.22. The Labute approximate surface area is 106 Å². The third-order valence-corrected chi connectivity index (χ3v) is 3.22. The lowest BCUT2D eigenvalue weighted by Gasteiger charge is -2.23. The summed E-state index contributed by atoms with van der Waals surface area (Å²) in [6.45, 7) is 2.03. The van der Waals surface area contributed by atoms with Gasteiger partial charge in [0, 0.05) is 26.7 Å².